The summed E-state index contributed by atoms with van der Waals surface area (Å²) in [4.78, 5) is 21.7. The average molecular weight is 432 g/mol. The summed E-state index contributed by atoms with van der Waals surface area (Å²) in [6.07, 6.45) is 6.45. The quantitative estimate of drug-likeness (QED) is 0.685. The molecular formula is C25H29N5O2. The third kappa shape index (κ3) is 3.93. The molecule has 7 heteroatoms. The van der Waals surface area contributed by atoms with Crippen molar-refractivity contribution < 1.29 is 9.90 Å². The SMILES string of the molecule is CC1CN(C(=O)C2CCC(O)CC2)CCN1c1nnc(-c2ccccc2)c2ccncc12. The van der Waals surface area contributed by atoms with Gasteiger partial charge in [0, 0.05) is 60.3 Å². The largest absolute Gasteiger partial charge is 0.393 e. The standard InChI is InChI=1S/C25H29N5O2/c1-17-16-29(25(32)19-7-9-20(31)10-8-19)13-14-30(17)24-22-15-26-12-11-21(22)23(27-28-24)18-5-3-2-4-6-18/h2-6,11-12,15,17,19-20,31H,7-10,13-14,16H2,1H3. The lowest BCUT2D eigenvalue weighted by molar-refractivity contribution is -0.138. The highest BCUT2D eigenvalue weighted by Gasteiger charge is 2.34. The van der Waals surface area contributed by atoms with Gasteiger partial charge in [0.25, 0.3) is 0 Å². The molecule has 7 nitrogen and oxygen atoms in total. The maximum atomic E-state index is 13.1. The van der Waals surface area contributed by atoms with Gasteiger partial charge < -0.3 is 14.9 Å². The molecule has 1 unspecified atom stereocenters. The van der Waals surface area contributed by atoms with E-state index in [9.17, 15) is 9.90 Å². The van der Waals surface area contributed by atoms with E-state index in [1.165, 1.54) is 0 Å². The highest BCUT2D eigenvalue weighted by Crippen LogP contribution is 2.33. The van der Waals surface area contributed by atoms with Crippen LogP contribution in [-0.4, -0.2) is 62.9 Å². The smallest absolute Gasteiger partial charge is 0.225 e. The summed E-state index contributed by atoms with van der Waals surface area (Å²) >= 11 is 0. The number of piperazine rings is 1. The Kier molecular flexibility index (Phi) is 5.74. The average Bonchev–Trinajstić information content (AvgIpc) is 2.84. The van der Waals surface area contributed by atoms with Crippen LogP contribution in [-0.2, 0) is 4.79 Å². The van der Waals surface area contributed by atoms with Gasteiger partial charge >= 0.3 is 0 Å². The van der Waals surface area contributed by atoms with E-state index in [1.54, 1.807) is 6.20 Å². The van der Waals surface area contributed by atoms with E-state index in [1.807, 2.05) is 47.5 Å². The van der Waals surface area contributed by atoms with Crippen molar-refractivity contribution in [2.75, 3.05) is 24.5 Å². The van der Waals surface area contributed by atoms with Gasteiger partial charge in [-0.15, -0.1) is 10.2 Å². The molecule has 166 valence electrons. The number of carbonyl (C=O) groups excluding carboxylic acids is 1. The Morgan fingerprint density at radius 3 is 2.53 bits per heavy atom. The maximum absolute atomic E-state index is 13.1. The number of aromatic nitrogens is 3. The molecule has 32 heavy (non-hydrogen) atoms. The molecule has 1 saturated carbocycles. The molecule has 0 spiro atoms. The first-order chi connectivity index (χ1) is 15.6. The summed E-state index contributed by atoms with van der Waals surface area (Å²) in [6.45, 7) is 4.19. The molecule has 3 aromatic rings. The number of hydrogen-bond acceptors (Lipinski definition) is 6. The van der Waals surface area contributed by atoms with Crippen molar-refractivity contribution in [3.63, 3.8) is 0 Å². The number of fused-ring (bicyclic) bond motifs is 1. The molecule has 3 heterocycles. The van der Waals surface area contributed by atoms with Gasteiger partial charge in [0.15, 0.2) is 5.82 Å². The van der Waals surface area contributed by atoms with Crippen molar-refractivity contribution in [3.05, 3.63) is 48.8 Å². The molecular weight excluding hydrogens is 402 g/mol. The Morgan fingerprint density at radius 1 is 1.00 bits per heavy atom. The van der Waals surface area contributed by atoms with Crippen LogP contribution in [0.5, 0.6) is 0 Å². The van der Waals surface area contributed by atoms with Crippen LogP contribution in [0.3, 0.4) is 0 Å². The third-order valence-corrected chi connectivity index (χ3v) is 6.87. The molecule has 0 bridgehead atoms. The Balaban J connectivity index is 1.38. The van der Waals surface area contributed by atoms with Gasteiger partial charge in [0.2, 0.25) is 5.91 Å². The van der Waals surface area contributed by atoms with Crippen molar-refractivity contribution in [2.45, 2.75) is 44.8 Å². The summed E-state index contributed by atoms with van der Waals surface area (Å²) in [5, 5.41) is 21.0. The molecule has 2 aliphatic rings. The highest BCUT2D eigenvalue weighted by atomic mass is 16.3. The number of hydrogen-bond donors (Lipinski definition) is 1. The van der Waals surface area contributed by atoms with E-state index in [0.29, 0.717) is 19.6 Å². The fraction of sp³-hybridized carbons (Fsp3) is 0.440. The first-order valence-electron chi connectivity index (χ1n) is 11.5. The minimum absolute atomic E-state index is 0.0483. The maximum Gasteiger partial charge on any atom is 0.225 e. The molecule has 1 atom stereocenters. The molecule has 5 rings (SSSR count). The molecule has 1 aliphatic carbocycles. The lowest BCUT2D eigenvalue weighted by Crippen LogP contribution is -2.55. The summed E-state index contributed by atoms with van der Waals surface area (Å²) in [6, 6.07) is 12.2. The normalized spacial score (nSPS) is 24.0. The van der Waals surface area contributed by atoms with Crippen LogP contribution >= 0.6 is 0 Å². The van der Waals surface area contributed by atoms with Crippen molar-refractivity contribution in [1.29, 1.82) is 0 Å². The summed E-state index contributed by atoms with van der Waals surface area (Å²) in [5.41, 5.74) is 1.89. The molecule has 1 amide bonds. The molecule has 1 N–H and O–H groups in total. The fourth-order valence-electron chi connectivity index (χ4n) is 5.06. The van der Waals surface area contributed by atoms with Gasteiger partial charge in [0.1, 0.15) is 5.69 Å². The number of aliphatic hydroxyl groups excluding tert-OH is 1. The number of aliphatic hydroxyl groups is 1. The topological polar surface area (TPSA) is 82.5 Å². The van der Waals surface area contributed by atoms with Gasteiger partial charge in [0.05, 0.1) is 6.10 Å². The van der Waals surface area contributed by atoms with Gasteiger partial charge in [-0.25, -0.2) is 0 Å². The molecule has 2 fully saturated rings. The second kappa shape index (κ2) is 8.82. The molecule has 0 radical (unpaired) electrons. The molecule has 1 aromatic carbocycles. The zero-order valence-corrected chi connectivity index (χ0v) is 18.4. The number of nitrogens with zero attached hydrogens (tertiary/aromatic N) is 5. The Morgan fingerprint density at radius 2 is 1.78 bits per heavy atom. The van der Waals surface area contributed by atoms with Crippen LogP contribution in [0.4, 0.5) is 5.82 Å². The van der Waals surface area contributed by atoms with Gasteiger partial charge in [-0.2, -0.15) is 0 Å². The first-order valence-corrected chi connectivity index (χ1v) is 11.5. The van der Waals surface area contributed by atoms with Crippen LogP contribution in [0.15, 0.2) is 48.8 Å². The van der Waals surface area contributed by atoms with Crippen molar-refractivity contribution in [1.82, 2.24) is 20.1 Å². The summed E-state index contributed by atoms with van der Waals surface area (Å²) < 4.78 is 0. The Bertz CT molecular complexity index is 1100. The lowest BCUT2D eigenvalue weighted by atomic mass is 9.86. The van der Waals surface area contributed by atoms with Crippen molar-refractivity contribution in [3.8, 4) is 11.3 Å². The number of amides is 1. The van der Waals surface area contributed by atoms with E-state index in [4.69, 9.17) is 0 Å². The first kappa shape index (κ1) is 20.8. The predicted octanol–water partition coefficient (Wildman–Crippen LogP) is 3.28. The van der Waals surface area contributed by atoms with Crippen molar-refractivity contribution >= 4 is 22.5 Å². The van der Waals surface area contributed by atoms with E-state index >= 15 is 0 Å². The Labute approximate surface area is 188 Å². The second-order valence-electron chi connectivity index (χ2n) is 8.99. The highest BCUT2D eigenvalue weighted by molar-refractivity contribution is 5.99. The second-order valence-corrected chi connectivity index (χ2v) is 8.99. The lowest BCUT2D eigenvalue weighted by Gasteiger charge is -2.42. The Hall–Kier alpha value is -3.06. The summed E-state index contributed by atoms with van der Waals surface area (Å²) in [5.74, 6) is 1.11. The molecule has 2 aromatic heterocycles. The predicted molar refractivity (Wildman–Crippen MR) is 124 cm³/mol. The number of benzene rings is 1. The van der Waals surface area contributed by atoms with Crippen molar-refractivity contribution in [2.24, 2.45) is 5.92 Å². The van der Waals surface area contributed by atoms with Gasteiger partial charge in [-0.3, -0.25) is 9.78 Å². The fourth-order valence-corrected chi connectivity index (χ4v) is 5.06. The number of pyridine rings is 1. The zero-order valence-electron chi connectivity index (χ0n) is 18.4. The molecule has 1 aliphatic heterocycles. The van der Waals surface area contributed by atoms with Crippen LogP contribution in [0.2, 0.25) is 0 Å². The number of anilines is 1. The summed E-state index contributed by atoms with van der Waals surface area (Å²) in [7, 11) is 0. The van der Waals surface area contributed by atoms with E-state index in [0.717, 1.165) is 53.5 Å². The number of carbonyl (C=O) groups is 1. The van der Waals surface area contributed by atoms with E-state index in [2.05, 4.69) is 27.0 Å². The third-order valence-electron chi connectivity index (χ3n) is 6.87. The van der Waals surface area contributed by atoms with Crippen LogP contribution < -0.4 is 4.90 Å². The van der Waals surface area contributed by atoms with Crippen LogP contribution in [0, 0.1) is 5.92 Å². The van der Waals surface area contributed by atoms with E-state index < -0.39 is 0 Å². The van der Waals surface area contributed by atoms with Gasteiger partial charge in [-0.1, -0.05) is 30.3 Å². The van der Waals surface area contributed by atoms with Crippen LogP contribution in [0.25, 0.3) is 22.0 Å². The minimum atomic E-state index is -0.242. The van der Waals surface area contributed by atoms with Crippen LogP contribution in [0.1, 0.15) is 32.6 Å². The number of rotatable bonds is 3. The van der Waals surface area contributed by atoms with E-state index in [-0.39, 0.29) is 24.0 Å². The molecule has 1 saturated heterocycles. The van der Waals surface area contributed by atoms with Gasteiger partial charge in [-0.05, 0) is 38.7 Å². The minimum Gasteiger partial charge on any atom is -0.393 e. The zero-order chi connectivity index (χ0) is 22.1. The monoisotopic (exact) mass is 431 g/mol.